The predicted octanol–water partition coefficient (Wildman–Crippen LogP) is 9.85. The molecule has 1 aliphatic carbocycles. The van der Waals surface area contributed by atoms with Crippen molar-refractivity contribution in [1.82, 2.24) is 0 Å². The van der Waals surface area contributed by atoms with Crippen LogP contribution in [0.25, 0.3) is 0 Å². The summed E-state index contributed by atoms with van der Waals surface area (Å²) in [5.74, 6) is -9.35. The Bertz CT molecular complexity index is 1160. The van der Waals surface area contributed by atoms with Crippen LogP contribution in [0.4, 0.5) is 26.3 Å². The summed E-state index contributed by atoms with van der Waals surface area (Å²) in [6, 6.07) is 4.40. The fraction of sp³-hybridized carbons (Fsp3) is 0.636. The number of halogens is 6. The van der Waals surface area contributed by atoms with Crippen molar-refractivity contribution in [2.24, 2.45) is 11.8 Å². The average molecular weight is 601 g/mol. The highest BCUT2D eigenvalue weighted by Crippen LogP contribution is 2.43. The van der Waals surface area contributed by atoms with E-state index in [0.717, 1.165) is 63.7 Å². The van der Waals surface area contributed by atoms with Crippen molar-refractivity contribution in [3.8, 4) is 11.5 Å². The zero-order valence-electron chi connectivity index (χ0n) is 24.5. The van der Waals surface area contributed by atoms with Gasteiger partial charge >= 0.3 is 0 Å². The molecule has 0 amide bonds. The summed E-state index contributed by atoms with van der Waals surface area (Å²) >= 11 is 0. The third-order valence-electron chi connectivity index (χ3n) is 8.90. The smallest absolute Gasteiger partial charge is 0.279 e. The van der Waals surface area contributed by atoms with Gasteiger partial charge in [0, 0.05) is 0 Å². The number of rotatable bonds is 13. The van der Waals surface area contributed by atoms with Crippen molar-refractivity contribution < 1.29 is 40.6 Å². The first kappa shape index (κ1) is 32.5. The van der Waals surface area contributed by atoms with Crippen LogP contribution in [-0.4, -0.2) is 25.9 Å². The molecule has 3 nitrogen and oxygen atoms in total. The molecule has 0 aromatic heterocycles. The van der Waals surface area contributed by atoms with E-state index in [1.54, 1.807) is 6.92 Å². The molecule has 0 radical (unpaired) electrons. The minimum atomic E-state index is -3.80. The van der Waals surface area contributed by atoms with Gasteiger partial charge < -0.3 is 14.2 Å². The highest BCUT2D eigenvalue weighted by atomic mass is 19.3. The van der Waals surface area contributed by atoms with Crippen LogP contribution >= 0.6 is 0 Å². The van der Waals surface area contributed by atoms with Crippen LogP contribution in [0.2, 0.25) is 0 Å². The monoisotopic (exact) mass is 600 g/mol. The molecule has 1 aliphatic heterocycles. The van der Waals surface area contributed by atoms with E-state index in [1.807, 2.05) is 0 Å². The van der Waals surface area contributed by atoms with Gasteiger partial charge in [0.2, 0.25) is 11.6 Å². The molecule has 2 aromatic carbocycles. The molecule has 2 fully saturated rings. The van der Waals surface area contributed by atoms with Gasteiger partial charge in [-0.1, -0.05) is 32.3 Å². The molecule has 2 unspecified atom stereocenters. The normalized spacial score (nSPS) is 23.1. The van der Waals surface area contributed by atoms with Crippen molar-refractivity contribution >= 4 is 0 Å². The number of hydrogen-bond acceptors (Lipinski definition) is 3. The van der Waals surface area contributed by atoms with E-state index in [2.05, 4.69) is 6.92 Å². The molecule has 9 heteroatoms. The van der Waals surface area contributed by atoms with E-state index in [-0.39, 0.29) is 18.1 Å². The Morgan fingerprint density at radius 2 is 1.43 bits per heavy atom. The molecule has 1 saturated carbocycles. The molecule has 2 aromatic rings. The minimum absolute atomic E-state index is 0.0394. The fourth-order valence-electron chi connectivity index (χ4n) is 6.43. The first-order valence-corrected chi connectivity index (χ1v) is 15.4. The number of unbranched alkanes of at least 4 members (excludes halogenated alkanes) is 2. The van der Waals surface area contributed by atoms with E-state index in [0.29, 0.717) is 17.9 Å². The SMILES string of the molecule is CCCCCC1CCC(C2CCC(c3ccc(OCCC(F)(F)c4ccc(OCC)c(F)c4F)c(F)c3F)CC2)CO1. The predicted molar refractivity (Wildman–Crippen MR) is 149 cm³/mol. The Kier molecular flexibility index (Phi) is 11.5. The van der Waals surface area contributed by atoms with Crippen molar-refractivity contribution in [3.05, 3.63) is 58.7 Å². The lowest BCUT2D eigenvalue weighted by Gasteiger charge is -2.38. The third kappa shape index (κ3) is 7.74. The Labute approximate surface area is 244 Å². The van der Waals surface area contributed by atoms with Crippen LogP contribution in [0.3, 0.4) is 0 Å². The van der Waals surface area contributed by atoms with Crippen LogP contribution in [-0.2, 0) is 10.7 Å². The maximum atomic E-state index is 15.1. The summed E-state index contributed by atoms with van der Waals surface area (Å²) < 4.78 is 104. The molecule has 2 aliphatic rings. The average Bonchev–Trinajstić information content (AvgIpc) is 2.98. The second-order valence-electron chi connectivity index (χ2n) is 11.7. The van der Waals surface area contributed by atoms with Gasteiger partial charge in [-0.15, -0.1) is 0 Å². The molecule has 0 spiro atoms. The van der Waals surface area contributed by atoms with E-state index < -0.39 is 59.3 Å². The Balaban J connectivity index is 1.28. The van der Waals surface area contributed by atoms with Gasteiger partial charge in [0.15, 0.2) is 23.1 Å². The summed E-state index contributed by atoms with van der Waals surface area (Å²) in [6.07, 6.45) is 9.67. The maximum Gasteiger partial charge on any atom is 0.279 e. The van der Waals surface area contributed by atoms with Gasteiger partial charge in [-0.05, 0) is 93.4 Å². The quantitative estimate of drug-likeness (QED) is 0.169. The molecule has 1 heterocycles. The molecule has 4 rings (SSSR count). The molecule has 1 saturated heterocycles. The van der Waals surface area contributed by atoms with Crippen molar-refractivity contribution in [3.63, 3.8) is 0 Å². The fourth-order valence-corrected chi connectivity index (χ4v) is 6.43. The Morgan fingerprint density at radius 1 is 0.762 bits per heavy atom. The van der Waals surface area contributed by atoms with Crippen LogP contribution in [0.5, 0.6) is 11.5 Å². The van der Waals surface area contributed by atoms with Crippen molar-refractivity contribution in [1.29, 1.82) is 0 Å². The number of benzene rings is 2. The van der Waals surface area contributed by atoms with E-state index in [1.165, 1.54) is 31.4 Å². The van der Waals surface area contributed by atoms with Gasteiger partial charge in [0.05, 0.1) is 37.9 Å². The lowest BCUT2D eigenvalue weighted by atomic mass is 9.72. The first-order chi connectivity index (χ1) is 20.2. The third-order valence-corrected chi connectivity index (χ3v) is 8.90. The lowest BCUT2D eigenvalue weighted by Crippen LogP contribution is -2.32. The number of hydrogen-bond donors (Lipinski definition) is 0. The zero-order chi connectivity index (χ0) is 30.3. The molecule has 2 atom stereocenters. The zero-order valence-corrected chi connectivity index (χ0v) is 24.5. The summed E-state index contributed by atoms with van der Waals surface area (Å²) in [7, 11) is 0. The van der Waals surface area contributed by atoms with E-state index >= 15 is 4.39 Å². The van der Waals surface area contributed by atoms with Crippen LogP contribution in [0, 0.1) is 35.1 Å². The van der Waals surface area contributed by atoms with Crippen molar-refractivity contribution in [2.75, 3.05) is 19.8 Å². The maximum absolute atomic E-state index is 15.1. The van der Waals surface area contributed by atoms with Gasteiger partial charge in [-0.3, -0.25) is 0 Å². The standard InChI is InChI=1S/C33H42F6O3/c1-3-5-6-7-24-13-12-23(20-42-24)21-8-10-22(11-9-21)25-14-16-28(31(36)29(25)34)41-19-18-33(38,39)26-15-17-27(40-4-2)32(37)30(26)35/h14-17,21-24H,3-13,18-20H2,1-2H3. The van der Waals surface area contributed by atoms with E-state index in [4.69, 9.17) is 14.2 Å². The highest BCUT2D eigenvalue weighted by Gasteiger charge is 2.37. The Hall–Kier alpha value is -2.42. The second-order valence-corrected chi connectivity index (χ2v) is 11.7. The van der Waals surface area contributed by atoms with Gasteiger partial charge in [-0.25, -0.2) is 17.6 Å². The van der Waals surface area contributed by atoms with Gasteiger partial charge in [-0.2, -0.15) is 8.78 Å². The number of ether oxygens (including phenoxy) is 3. The molecular weight excluding hydrogens is 558 g/mol. The summed E-state index contributed by atoms with van der Waals surface area (Å²) in [5.41, 5.74) is -0.886. The first-order valence-electron chi connectivity index (χ1n) is 15.4. The van der Waals surface area contributed by atoms with Crippen molar-refractivity contribution in [2.45, 2.75) is 102 Å². The largest absolute Gasteiger partial charge is 0.491 e. The van der Waals surface area contributed by atoms with E-state index in [9.17, 15) is 22.0 Å². The van der Waals surface area contributed by atoms with Crippen LogP contribution in [0.15, 0.2) is 24.3 Å². The summed E-state index contributed by atoms with van der Waals surface area (Å²) in [5, 5.41) is 0. The molecular formula is C33H42F6O3. The summed E-state index contributed by atoms with van der Waals surface area (Å²) in [4.78, 5) is 0. The molecule has 234 valence electrons. The topological polar surface area (TPSA) is 27.7 Å². The van der Waals surface area contributed by atoms with Gasteiger partial charge in [0.25, 0.3) is 5.92 Å². The summed E-state index contributed by atoms with van der Waals surface area (Å²) in [6.45, 7) is 3.83. The second kappa shape index (κ2) is 14.8. The Morgan fingerprint density at radius 3 is 2.10 bits per heavy atom. The van der Waals surface area contributed by atoms with Crippen LogP contribution < -0.4 is 9.47 Å². The highest BCUT2D eigenvalue weighted by molar-refractivity contribution is 5.35. The molecule has 0 N–H and O–H groups in total. The molecule has 42 heavy (non-hydrogen) atoms. The number of alkyl halides is 2. The van der Waals surface area contributed by atoms with Gasteiger partial charge in [0.1, 0.15) is 0 Å². The lowest BCUT2D eigenvalue weighted by molar-refractivity contribution is -0.0416. The van der Waals surface area contributed by atoms with Crippen LogP contribution in [0.1, 0.15) is 102 Å². The minimum Gasteiger partial charge on any atom is -0.491 e. The molecule has 0 bridgehead atoms.